The highest BCUT2D eigenvalue weighted by molar-refractivity contribution is 5.90. The van der Waals surface area contributed by atoms with E-state index in [0.29, 0.717) is 25.9 Å². The highest BCUT2D eigenvalue weighted by atomic mass is 19.1. The third kappa shape index (κ3) is 5.31. The lowest BCUT2D eigenvalue weighted by molar-refractivity contribution is -0.130. The molecule has 1 aliphatic rings. The van der Waals surface area contributed by atoms with Gasteiger partial charge < -0.3 is 15.1 Å². The molecule has 2 amide bonds. The predicted octanol–water partition coefficient (Wildman–Crippen LogP) is 3.46. The quantitative estimate of drug-likeness (QED) is 0.831. The Bertz CT molecular complexity index is 798. The van der Waals surface area contributed by atoms with Crippen LogP contribution in [0.4, 0.5) is 15.8 Å². The molecule has 1 N–H and O–H groups in total. The minimum atomic E-state index is -0.291. The summed E-state index contributed by atoms with van der Waals surface area (Å²) >= 11 is 0. The lowest BCUT2D eigenvalue weighted by atomic mass is 10.1. The van der Waals surface area contributed by atoms with Crippen LogP contribution in [-0.4, -0.2) is 42.9 Å². The largest absolute Gasteiger partial charge is 0.368 e. The number of halogens is 1. The van der Waals surface area contributed by atoms with Crippen molar-refractivity contribution >= 4 is 23.2 Å². The molecule has 0 spiro atoms. The monoisotopic (exact) mass is 383 g/mol. The number of hydrogen-bond acceptors (Lipinski definition) is 3. The molecular formula is C22H26FN3O2. The Balaban J connectivity index is 1.50. The van der Waals surface area contributed by atoms with Gasteiger partial charge >= 0.3 is 0 Å². The summed E-state index contributed by atoms with van der Waals surface area (Å²) in [7, 11) is 0. The van der Waals surface area contributed by atoms with E-state index in [4.69, 9.17) is 0 Å². The van der Waals surface area contributed by atoms with Gasteiger partial charge in [-0.2, -0.15) is 0 Å². The summed E-state index contributed by atoms with van der Waals surface area (Å²) in [5, 5.41) is 2.89. The van der Waals surface area contributed by atoms with Gasteiger partial charge in [-0.05, 0) is 48.4 Å². The first kappa shape index (κ1) is 19.9. The number of amides is 2. The highest BCUT2D eigenvalue weighted by Gasteiger charge is 2.21. The zero-order chi connectivity index (χ0) is 19.9. The molecule has 148 valence electrons. The summed E-state index contributed by atoms with van der Waals surface area (Å²) in [6.07, 6.45) is 1.65. The van der Waals surface area contributed by atoms with Crippen molar-refractivity contribution in [1.29, 1.82) is 0 Å². The van der Waals surface area contributed by atoms with Gasteiger partial charge in [-0.1, -0.05) is 19.1 Å². The number of nitrogens with one attached hydrogen (secondary N) is 1. The van der Waals surface area contributed by atoms with E-state index in [1.165, 1.54) is 12.1 Å². The van der Waals surface area contributed by atoms with Crippen molar-refractivity contribution in [3.8, 4) is 0 Å². The lowest BCUT2D eigenvalue weighted by Crippen LogP contribution is -2.49. The molecular weight excluding hydrogens is 357 g/mol. The average molecular weight is 383 g/mol. The van der Waals surface area contributed by atoms with Gasteiger partial charge in [0.05, 0.1) is 6.42 Å². The van der Waals surface area contributed by atoms with E-state index in [1.54, 1.807) is 12.1 Å². The van der Waals surface area contributed by atoms with Crippen LogP contribution in [0.25, 0.3) is 0 Å². The molecule has 0 atom stereocenters. The van der Waals surface area contributed by atoms with Gasteiger partial charge in [0.1, 0.15) is 5.82 Å². The van der Waals surface area contributed by atoms with E-state index in [1.807, 2.05) is 36.1 Å². The molecule has 0 saturated carbocycles. The summed E-state index contributed by atoms with van der Waals surface area (Å²) in [4.78, 5) is 28.2. The fourth-order valence-corrected chi connectivity index (χ4v) is 3.31. The molecule has 28 heavy (non-hydrogen) atoms. The number of hydrogen-bond donors (Lipinski definition) is 1. The van der Waals surface area contributed by atoms with Crippen LogP contribution in [0.3, 0.4) is 0 Å². The molecule has 1 aliphatic heterocycles. The van der Waals surface area contributed by atoms with Gasteiger partial charge in [-0.3, -0.25) is 9.59 Å². The minimum absolute atomic E-state index is 0.0310. The molecule has 2 aromatic rings. The van der Waals surface area contributed by atoms with Crippen LogP contribution in [0.1, 0.15) is 25.3 Å². The predicted molar refractivity (Wildman–Crippen MR) is 109 cm³/mol. The van der Waals surface area contributed by atoms with Crippen LogP contribution < -0.4 is 10.2 Å². The van der Waals surface area contributed by atoms with Gasteiger partial charge in [-0.15, -0.1) is 0 Å². The van der Waals surface area contributed by atoms with Crippen LogP contribution in [0, 0.1) is 5.82 Å². The topological polar surface area (TPSA) is 52.7 Å². The molecule has 0 aliphatic carbocycles. The maximum absolute atomic E-state index is 13.0. The first-order valence-electron chi connectivity index (χ1n) is 9.72. The van der Waals surface area contributed by atoms with E-state index < -0.39 is 0 Å². The van der Waals surface area contributed by atoms with Gasteiger partial charge in [0.25, 0.3) is 0 Å². The van der Waals surface area contributed by atoms with E-state index in [0.717, 1.165) is 36.4 Å². The Hall–Kier alpha value is -2.89. The van der Waals surface area contributed by atoms with E-state index >= 15 is 0 Å². The zero-order valence-electron chi connectivity index (χ0n) is 16.2. The molecule has 1 fully saturated rings. The van der Waals surface area contributed by atoms with Gasteiger partial charge in [0, 0.05) is 44.0 Å². The Morgan fingerprint density at radius 1 is 0.964 bits per heavy atom. The second-order valence-electron chi connectivity index (χ2n) is 7.02. The molecule has 0 aromatic heterocycles. The molecule has 1 heterocycles. The van der Waals surface area contributed by atoms with Crippen LogP contribution >= 0.6 is 0 Å². The molecule has 0 unspecified atom stereocenters. The third-order valence-corrected chi connectivity index (χ3v) is 4.89. The smallest absolute Gasteiger partial charge is 0.227 e. The molecule has 0 bridgehead atoms. The Labute approximate surface area is 165 Å². The summed E-state index contributed by atoms with van der Waals surface area (Å²) < 4.78 is 13.0. The summed E-state index contributed by atoms with van der Waals surface area (Å²) in [6.45, 7) is 4.82. The van der Waals surface area contributed by atoms with Gasteiger partial charge in [-0.25, -0.2) is 4.39 Å². The number of nitrogens with zero attached hydrogens (tertiary/aromatic N) is 2. The third-order valence-electron chi connectivity index (χ3n) is 4.89. The van der Waals surface area contributed by atoms with Crippen LogP contribution in [0.2, 0.25) is 0 Å². The summed E-state index contributed by atoms with van der Waals surface area (Å²) in [5.41, 5.74) is 2.71. The summed E-state index contributed by atoms with van der Waals surface area (Å²) in [6, 6.07) is 13.9. The van der Waals surface area contributed by atoms with Crippen molar-refractivity contribution in [2.45, 2.75) is 26.2 Å². The molecule has 3 rings (SSSR count). The number of carbonyl (C=O) groups is 2. The maximum atomic E-state index is 13.0. The molecule has 5 nitrogen and oxygen atoms in total. The van der Waals surface area contributed by atoms with Crippen molar-refractivity contribution < 1.29 is 14.0 Å². The summed E-state index contributed by atoms with van der Waals surface area (Å²) in [5.74, 6) is -0.190. The van der Waals surface area contributed by atoms with Gasteiger partial charge in [0.15, 0.2) is 0 Å². The Morgan fingerprint density at radius 3 is 2.21 bits per heavy atom. The molecule has 1 saturated heterocycles. The first-order chi connectivity index (χ1) is 13.5. The SMILES string of the molecule is CCCC(=O)Nc1ccc(N2CCN(C(=O)Cc3ccc(F)cc3)CC2)cc1. The standard InChI is InChI=1S/C22H26FN3O2/c1-2-3-21(27)24-19-8-10-20(11-9-19)25-12-14-26(15-13-25)22(28)16-17-4-6-18(23)7-5-17/h4-11H,2-3,12-16H2,1H3,(H,24,27). The Morgan fingerprint density at radius 2 is 1.61 bits per heavy atom. The number of piperazine rings is 1. The number of rotatable bonds is 6. The van der Waals surface area contributed by atoms with Crippen molar-refractivity contribution in [3.63, 3.8) is 0 Å². The number of anilines is 2. The highest BCUT2D eigenvalue weighted by Crippen LogP contribution is 2.20. The van der Waals surface area contributed by atoms with Crippen molar-refractivity contribution in [2.75, 3.05) is 36.4 Å². The van der Waals surface area contributed by atoms with Gasteiger partial charge in [0.2, 0.25) is 11.8 Å². The van der Waals surface area contributed by atoms with Crippen LogP contribution in [-0.2, 0) is 16.0 Å². The first-order valence-corrected chi connectivity index (χ1v) is 9.72. The zero-order valence-corrected chi connectivity index (χ0v) is 16.2. The molecule has 6 heteroatoms. The second kappa shape index (κ2) is 9.35. The lowest BCUT2D eigenvalue weighted by Gasteiger charge is -2.36. The average Bonchev–Trinajstić information content (AvgIpc) is 2.70. The normalized spacial score (nSPS) is 14.1. The van der Waals surface area contributed by atoms with E-state index in [2.05, 4.69) is 10.2 Å². The second-order valence-corrected chi connectivity index (χ2v) is 7.02. The molecule has 2 aromatic carbocycles. The number of carbonyl (C=O) groups excluding carboxylic acids is 2. The maximum Gasteiger partial charge on any atom is 0.227 e. The van der Waals surface area contributed by atoms with E-state index in [9.17, 15) is 14.0 Å². The Kier molecular flexibility index (Phi) is 6.63. The fourth-order valence-electron chi connectivity index (χ4n) is 3.31. The van der Waals surface area contributed by atoms with Crippen molar-refractivity contribution in [1.82, 2.24) is 4.90 Å². The fraction of sp³-hybridized carbons (Fsp3) is 0.364. The molecule has 0 radical (unpaired) electrons. The number of benzene rings is 2. The van der Waals surface area contributed by atoms with Crippen molar-refractivity contribution in [2.24, 2.45) is 0 Å². The minimum Gasteiger partial charge on any atom is -0.368 e. The van der Waals surface area contributed by atoms with Crippen LogP contribution in [0.15, 0.2) is 48.5 Å². The van der Waals surface area contributed by atoms with E-state index in [-0.39, 0.29) is 17.6 Å². The van der Waals surface area contributed by atoms with Crippen LogP contribution in [0.5, 0.6) is 0 Å². The van der Waals surface area contributed by atoms with Crippen molar-refractivity contribution in [3.05, 3.63) is 59.9 Å².